The number of hydrogen-bond acceptors (Lipinski definition) is 5. The number of nitrogens with zero attached hydrogens (tertiary/aromatic N) is 3. The van der Waals surface area contributed by atoms with Crippen LogP contribution in [-0.4, -0.2) is 26.5 Å². The highest BCUT2D eigenvalue weighted by molar-refractivity contribution is 7.12. The summed E-state index contributed by atoms with van der Waals surface area (Å²) in [7, 11) is 0. The van der Waals surface area contributed by atoms with Gasteiger partial charge in [-0.1, -0.05) is 23.2 Å². The molecule has 0 radical (unpaired) electrons. The number of thiophene rings is 1. The van der Waals surface area contributed by atoms with E-state index in [2.05, 4.69) is 10.1 Å². The predicted molar refractivity (Wildman–Crippen MR) is 99.7 cm³/mol. The quantitative estimate of drug-likeness (QED) is 0.675. The molecule has 2 heterocycles. The first-order chi connectivity index (χ1) is 11.9. The highest BCUT2D eigenvalue weighted by Crippen LogP contribution is 2.34. The summed E-state index contributed by atoms with van der Waals surface area (Å²) in [6.07, 6.45) is 3.00. The summed E-state index contributed by atoms with van der Waals surface area (Å²) in [6, 6.07) is 6.96. The first kappa shape index (κ1) is 18.2. The third-order valence-corrected chi connectivity index (χ3v) is 5.29. The fourth-order valence-electron chi connectivity index (χ4n) is 2.67. The van der Waals surface area contributed by atoms with Crippen molar-refractivity contribution < 1.29 is 9.84 Å². The van der Waals surface area contributed by atoms with Crippen molar-refractivity contribution in [3.8, 4) is 5.75 Å². The van der Waals surface area contributed by atoms with Gasteiger partial charge in [-0.15, -0.1) is 11.3 Å². The summed E-state index contributed by atoms with van der Waals surface area (Å²) < 4.78 is 7.41. The van der Waals surface area contributed by atoms with E-state index in [4.69, 9.17) is 27.9 Å². The van der Waals surface area contributed by atoms with Gasteiger partial charge in [-0.2, -0.15) is 5.10 Å². The van der Waals surface area contributed by atoms with Crippen molar-refractivity contribution in [1.82, 2.24) is 14.8 Å². The van der Waals surface area contributed by atoms with Crippen LogP contribution in [0.5, 0.6) is 5.75 Å². The number of ether oxygens (including phenoxy) is 1. The van der Waals surface area contributed by atoms with E-state index < -0.39 is 5.60 Å². The molecule has 2 aromatic heterocycles. The third-order valence-electron chi connectivity index (χ3n) is 3.79. The second kappa shape index (κ2) is 7.33. The van der Waals surface area contributed by atoms with Crippen molar-refractivity contribution in [3.05, 3.63) is 62.3 Å². The van der Waals surface area contributed by atoms with Gasteiger partial charge in [0.2, 0.25) is 0 Å². The van der Waals surface area contributed by atoms with Gasteiger partial charge in [0.15, 0.2) is 0 Å². The van der Waals surface area contributed by atoms with E-state index in [0.717, 1.165) is 15.3 Å². The van der Waals surface area contributed by atoms with E-state index in [-0.39, 0.29) is 13.2 Å². The smallest absolute Gasteiger partial charge is 0.144 e. The Balaban J connectivity index is 1.89. The largest absolute Gasteiger partial charge is 0.489 e. The van der Waals surface area contributed by atoms with E-state index in [1.165, 1.54) is 6.33 Å². The lowest BCUT2D eigenvalue weighted by Crippen LogP contribution is -2.38. The van der Waals surface area contributed by atoms with Crippen molar-refractivity contribution in [2.75, 3.05) is 6.61 Å². The van der Waals surface area contributed by atoms with Gasteiger partial charge >= 0.3 is 0 Å². The fourth-order valence-corrected chi connectivity index (χ4v) is 4.15. The van der Waals surface area contributed by atoms with Gasteiger partial charge in [-0.25, -0.2) is 9.67 Å². The molecule has 1 atom stereocenters. The summed E-state index contributed by atoms with van der Waals surface area (Å²) >= 11 is 13.7. The zero-order valence-corrected chi connectivity index (χ0v) is 16.1. The Labute approximate surface area is 159 Å². The maximum atomic E-state index is 11.4. The molecule has 1 N–H and O–H groups in total. The second-order valence-electron chi connectivity index (χ2n) is 5.81. The van der Waals surface area contributed by atoms with Crippen molar-refractivity contribution in [1.29, 1.82) is 0 Å². The third kappa shape index (κ3) is 4.15. The van der Waals surface area contributed by atoms with E-state index in [9.17, 15) is 5.11 Å². The average Bonchev–Trinajstić information content (AvgIpc) is 3.16. The Morgan fingerprint density at radius 3 is 2.68 bits per heavy atom. The number of rotatable bonds is 6. The van der Waals surface area contributed by atoms with Crippen LogP contribution in [0.1, 0.15) is 15.3 Å². The first-order valence-corrected chi connectivity index (χ1v) is 9.15. The molecule has 132 valence electrons. The van der Waals surface area contributed by atoms with Gasteiger partial charge < -0.3 is 9.84 Å². The molecule has 0 saturated carbocycles. The van der Waals surface area contributed by atoms with Crippen LogP contribution in [0, 0.1) is 13.8 Å². The van der Waals surface area contributed by atoms with Crippen LogP contribution in [0.2, 0.25) is 10.0 Å². The van der Waals surface area contributed by atoms with Crippen LogP contribution in [0.15, 0.2) is 36.9 Å². The second-order valence-corrected chi connectivity index (χ2v) is 8.12. The number of benzene rings is 1. The number of aliphatic hydroxyl groups is 1. The van der Waals surface area contributed by atoms with E-state index in [1.54, 1.807) is 40.5 Å². The topological polar surface area (TPSA) is 60.2 Å². The van der Waals surface area contributed by atoms with Gasteiger partial charge in [0.05, 0.1) is 11.6 Å². The summed E-state index contributed by atoms with van der Waals surface area (Å²) in [5, 5.41) is 16.4. The lowest BCUT2D eigenvalue weighted by atomic mass is 9.95. The van der Waals surface area contributed by atoms with Crippen LogP contribution in [0.4, 0.5) is 0 Å². The minimum atomic E-state index is -1.27. The molecular weight excluding hydrogens is 381 g/mol. The summed E-state index contributed by atoms with van der Waals surface area (Å²) in [5.74, 6) is 0.465. The molecule has 0 spiro atoms. The standard InChI is InChI=1S/C17H17Cl2N3O2S/c1-11-5-14(12(2)25-11)17(23,7-22-10-20-9-21-22)8-24-16-4-3-13(18)6-15(16)19/h3-6,9-10,23H,7-8H2,1-2H3. The molecule has 8 heteroatoms. The van der Waals surface area contributed by atoms with Crippen molar-refractivity contribution in [3.63, 3.8) is 0 Å². The maximum Gasteiger partial charge on any atom is 0.144 e. The predicted octanol–water partition coefficient (Wildman–Crippen LogP) is 4.23. The number of halogens is 2. The highest BCUT2D eigenvalue weighted by atomic mass is 35.5. The Morgan fingerprint density at radius 1 is 1.28 bits per heavy atom. The minimum Gasteiger partial charge on any atom is -0.489 e. The number of aryl methyl sites for hydroxylation is 2. The van der Waals surface area contributed by atoms with Gasteiger partial charge in [0.1, 0.15) is 30.6 Å². The summed E-state index contributed by atoms with van der Waals surface area (Å²) in [4.78, 5) is 6.09. The van der Waals surface area contributed by atoms with Crippen molar-refractivity contribution in [2.45, 2.75) is 26.0 Å². The zero-order chi connectivity index (χ0) is 18.0. The lowest BCUT2D eigenvalue weighted by molar-refractivity contribution is -0.0271. The monoisotopic (exact) mass is 397 g/mol. The van der Waals surface area contributed by atoms with E-state index in [0.29, 0.717) is 15.8 Å². The molecule has 3 aromatic rings. The van der Waals surface area contributed by atoms with Crippen LogP contribution in [-0.2, 0) is 12.1 Å². The Hall–Kier alpha value is -1.60. The van der Waals surface area contributed by atoms with Gasteiger partial charge in [-0.05, 0) is 38.1 Å². The van der Waals surface area contributed by atoms with Crippen LogP contribution >= 0.6 is 34.5 Å². The van der Waals surface area contributed by atoms with Gasteiger partial charge in [0, 0.05) is 20.3 Å². The van der Waals surface area contributed by atoms with E-state index >= 15 is 0 Å². The summed E-state index contributed by atoms with van der Waals surface area (Å²) in [6.45, 7) is 4.23. The lowest BCUT2D eigenvalue weighted by Gasteiger charge is -2.28. The molecule has 0 aliphatic carbocycles. The Morgan fingerprint density at radius 2 is 2.08 bits per heavy atom. The molecule has 0 aliphatic rings. The Kier molecular flexibility index (Phi) is 5.34. The van der Waals surface area contributed by atoms with Crippen molar-refractivity contribution >= 4 is 34.5 Å². The Bertz CT molecular complexity index is 867. The molecule has 0 aliphatic heterocycles. The van der Waals surface area contributed by atoms with Gasteiger partial charge in [-0.3, -0.25) is 0 Å². The molecule has 0 fully saturated rings. The van der Waals surface area contributed by atoms with Crippen LogP contribution in [0.25, 0.3) is 0 Å². The SMILES string of the molecule is Cc1cc(C(O)(COc2ccc(Cl)cc2Cl)Cn2cncn2)c(C)s1. The highest BCUT2D eigenvalue weighted by Gasteiger charge is 2.34. The minimum absolute atomic E-state index is 0.0191. The molecule has 0 amide bonds. The maximum absolute atomic E-state index is 11.4. The normalized spacial score (nSPS) is 13.6. The van der Waals surface area contributed by atoms with Crippen molar-refractivity contribution in [2.24, 2.45) is 0 Å². The molecule has 3 rings (SSSR count). The van der Waals surface area contributed by atoms with Crippen LogP contribution < -0.4 is 4.74 Å². The van der Waals surface area contributed by atoms with E-state index in [1.807, 2.05) is 19.9 Å². The first-order valence-electron chi connectivity index (χ1n) is 7.57. The van der Waals surface area contributed by atoms with Crippen LogP contribution in [0.3, 0.4) is 0 Å². The molecule has 5 nitrogen and oxygen atoms in total. The average molecular weight is 398 g/mol. The molecule has 25 heavy (non-hydrogen) atoms. The molecule has 1 aromatic carbocycles. The molecule has 0 saturated heterocycles. The molecule has 1 unspecified atom stereocenters. The zero-order valence-electron chi connectivity index (χ0n) is 13.7. The fraction of sp³-hybridized carbons (Fsp3) is 0.294. The number of hydrogen-bond donors (Lipinski definition) is 1. The van der Waals surface area contributed by atoms with Gasteiger partial charge in [0.25, 0.3) is 0 Å². The molecule has 0 bridgehead atoms. The molecular formula is C17H17Cl2N3O2S. The summed E-state index contributed by atoms with van der Waals surface area (Å²) in [5.41, 5.74) is -0.457. The number of aromatic nitrogens is 3.